The van der Waals surface area contributed by atoms with Crippen molar-refractivity contribution >= 4 is 5.82 Å². The summed E-state index contributed by atoms with van der Waals surface area (Å²) in [6.07, 6.45) is 1.80. The molecule has 0 unspecified atom stereocenters. The second kappa shape index (κ2) is 6.40. The number of anilines is 1. The summed E-state index contributed by atoms with van der Waals surface area (Å²) in [6, 6.07) is 3.99. The number of nitrogens with zero attached hydrogens (tertiary/aromatic N) is 1. The lowest BCUT2D eigenvalue weighted by molar-refractivity contribution is 0.118. The highest BCUT2D eigenvalue weighted by molar-refractivity contribution is 5.42. The molecule has 0 atom stereocenters. The average molecular weight is 208 g/mol. The molecule has 0 saturated carbocycles. The quantitative estimate of drug-likeness (QED) is 0.729. The summed E-state index contributed by atoms with van der Waals surface area (Å²) in [6.45, 7) is 8.71. The summed E-state index contributed by atoms with van der Waals surface area (Å²) in [5.74, 6) is 1.55. The molecular weight excluding hydrogens is 188 g/mol. The molecule has 0 aromatic carbocycles. The van der Waals surface area contributed by atoms with Crippen molar-refractivity contribution in [2.24, 2.45) is 5.92 Å². The molecule has 15 heavy (non-hydrogen) atoms. The molecule has 1 rings (SSSR count). The van der Waals surface area contributed by atoms with Crippen LogP contribution >= 0.6 is 0 Å². The monoisotopic (exact) mass is 208 g/mol. The summed E-state index contributed by atoms with van der Waals surface area (Å²) in [5, 5.41) is 3.25. The lowest BCUT2D eigenvalue weighted by atomic mass is 10.2. The number of ether oxygens (including phenoxy) is 1. The second-order valence-electron chi connectivity index (χ2n) is 4.06. The minimum absolute atomic E-state index is 0.599. The smallest absolute Gasteiger partial charge is 0.128 e. The first-order valence-corrected chi connectivity index (χ1v) is 5.43. The summed E-state index contributed by atoms with van der Waals surface area (Å²) in [5.41, 5.74) is 1.17. The van der Waals surface area contributed by atoms with Crippen LogP contribution in [0.15, 0.2) is 18.3 Å². The minimum atomic E-state index is 0.599. The van der Waals surface area contributed by atoms with Crippen LogP contribution in [0.1, 0.15) is 19.4 Å². The van der Waals surface area contributed by atoms with Gasteiger partial charge in [0, 0.05) is 19.3 Å². The molecule has 1 aromatic rings. The summed E-state index contributed by atoms with van der Waals surface area (Å²) in [4.78, 5) is 4.24. The Bertz CT molecular complexity index is 287. The van der Waals surface area contributed by atoms with Crippen molar-refractivity contribution in [3.8, 4) is 0 Å². The molecule has 1 heterocycles. The van der Waals surface area contributed by atoms with Crippen molar-refractivity contribution in [3.05, 3.63) is 23.9 Å². The van der Waals surface area contributed by atoms with Crippen LogP contribution in [0.3, 0.4) is 0 Å². The standard InChI is InChI=1S/C12H20N2O/c1-10(2)9-15-8-7-14-12-11(3)5-4-6-13-12/h4-6,10H,7-9H2,1-3H3,(H,13,14). The highest BCUT2D eigenvalue weighted by Crippen LogP contribution is 2.08. The summed E-state index contributed by atoms with van der Waals surface area (Å²) < 4.78 is 5.47. The van der Waals surface area contributed by atoms with Crippen molar-refractivity contribution < 1.29 is 4.74 Å². The molecule has 1 N–H and O–H groups in total. The normalized spacial score (nSPS) is 10.7. The van der Waals surface area contributed by atoms with Gasteiger partial charge >= 0.3 is 0 Å². The van der Waals surface area contributed by atoms with Crippen LogP contribution in [-0.2, 0) is 4.74 Å². The zero-order valence-corrected chi connectivity index (χ0v) is 9.79. The van der Waals surface area contributed by atoms with Crippen molar-refractivity contribution in [1.29, 1.82) is 0 Å². The van der Waals surface area contributed by atoms with Gasteiger partial charge in [-0.2, -0.15) is 0 Å². The molecule has 0 aliphatic carbocycles. The Morgan fingerprint density at radius 3 is 2.93 bits per heavy atom. The first-order valence-electron chi connectivity index (χ1n) is 5.43. The van der Waals surface area contributed by atoms with E-state index in [0.29, 0.717) is 5.92 Å². The number of nitrogens with one attached hydrogen (secondary N) is 1. The Labute approximate surface area is 91.9 Å². The maximum atomic E-state index is 5.47. The molecule has 0 saturated heterocycles. The Morgan fingerprint density at radius 2 is 2.27 bits per heavy atom. The van der Waals surface area contributed by atoms with E-state index >= 15 is 0 Å². The van der Waals surface area contributed by atoms with Gasteiger partial charge in [-0.25, -0.2) is 4.98 Å². The first kappa shape index (κ1) is 12.0. The molecule has 0 aliphatic heterocycles. The molecule has 1 aromatic heterocycles. The summed E-state index contributed by atoms with van der Waals surface area (Å²) >= 11 is 0. The van der Waals surface area contributed by atoms with Crippen LogP contribution in [0.25, 0.3) is 0 Å². The van der Waals surface area contributed by atoms with Crippen LogP contribution < -0.4 is 5.32 Å². The number of aromatic nitrogens is 1. The van der Waals surface area contributed by atoms with Gasteiger partial charge in [-0.05, 0) is 24.5 Å². The van der Waals surface area contributed by atoms with Gasteiger partial charge in [0.2, 0.25) is 0 Å². The number of hydrogen-bond donors (Lipinski definition) is 1. The third kappa shape index (κ3) is 4.79. The fourth-order valence-corrected chi connectivity index (χ4v) is 1.23. The van der Waals surface area contributed by atoms with Crippen LogP contribution in [0.2, 0.25) is 0 Å². The fraction of sp³-hybridized carbons (Fsp3) is 0.583. The van der Waals surface area contributed by atoms with E-state index in [-0.39, 0.29) is 0 Å². The van der Waals surface area contributed by atoms with Crippen molar-refractivity contribution in [1.82, 2.24) is 4.98 Å². The lowest BCUT2D eigenvalue weighted by Gasteiger charge is -2.09. The Kier molecular flexibility index (Phi) is 5.12. The van der Waals surface area contributed by atoms with Crippen LogP contribution in [0.4, 0.5) is 5.82 Å². The third-order valence-corrected chi connectivity index (χ3v) is 2.00. The summed E-state index contributed by atoms with van der Waals surface area (Å²) in [7, 11) is 0. The molecule has 0 bridgehead atoms. The topological polar surface area (TPSA) is 34.2 Å². The Balaban J connectivity index is 2.18. The minimum Gasteiger partial charge on any atom is -0.379 e. The van der Waals surface area contributed by atoms with E-state index in [1.807, 2.05) is 19.1 Å². The average Bonchev–Trinajstić information content (AvgIpc) is 2.20. The molecule has 0 aliphatic rings. The van der Waals surface area contributed by atoms with E-state index in [2.05, 4.69) is 24.1 Å². The van der Waals surface area contributed by atoms with E-state index in [1.54, 1.807) is 6.20 Å². The van der Waals surface area contributed by atoms with Gasteiger partial charge in [0.25, 0.3) is 0 Å². The van der Waals surface area contributed by atoms with Crippen LogP contribution in [0, 0.1) is 12.8 Å². The molecule has 0 spiro atoms. The Hall–Kier alpha value is -1.09. The molecule has 3 nitrogen and oxygen atoms in total. The van der Waals surface area contributed by atoms with Crippen molar-refractivity contribution in [2.75, 3.05) is 25.1 Å². The van der Waals surface area contributed by atoms with Gasteiger partial charge in [0.05, 0.1) is 6.61 Å². The van der Waals surface area contributed by atoms with Gasteiger partial charge in [0.15, 0.2) is 0 Å². The van der Waals surface area contributed by atoms with Crippen molar-refractivity contribution in [3.63, 3.8) is 0 Å². The number of pyridine rings is 1. The third-order valence-electron chi connectivity index (χ3n) is 2.00. The predicted octanol–water partition coefficient (Wildman–Crippen LogP) is 2.47. The van der Waals surface area contributed by atoms with Gasteiger partial charge in [-0.3, -0.25) is 0 Å². The number of hydrogen-bond acceptors (Lipinski definition) is 3. The molecule has 0 radical (unpaired) electrons. The SMILES string of the molecule is Cc1cccnc1NCCOCC(C)C. The molecular formula is C12H20N2O. The lowest BCUT2D eigenvalue weighted by Crippen LogP contribution is -2.13. The molecule has 3 heteroatoms. The van der Waals surface area contributed by atoms with Crippen LogP contribution in [0.5, 0.6) is 0 Å². The zero-order chi connectivity index (χ0) is 11.1. The zero-order valence-electron chi connectivity index (χ0n) is 9.79. The Morgan fingerprint density at radius 1 is 1.47 bits per heavy atom. The van der Waals surface area contributed by atoms with E-state index < -0.39 is 0 Å². The van der Waals surface area contributed by atoms with E-state index in [1.165, 1.54) is 5.56 Å². The van der Waals surface area contributed by atoms with E-state index in [9.17, 15) is 0 Å². The fourth-order valence-electron chi connectivity index (χ4n) is 1.23. The predicted molar refractivity (Wildman–Crippen MR) is 63.1 cm³/mol. The maximum absolute atomic E-state index is 5.47. The largest absolute Gasteiger partial charge is 0.379 e. The maximum Gasteiger partial charge on any atom is 0.128 e. The molecule has 84 valence electrons. The van der Waals surface area contributed by atoms with Gasteiger partial charge in [-0.1, -0.05) is 19.9 Å². The van der Waals surface area contributed by atoms with Crippen LogP contribution in [-0.4, -0.2) is 24.7 Å². The molecule has 0 amide bonds. The van der Waals surface area contributed by atoms with Gasteiger partial charge < -0.3 is 10.1 Å². The number of rotatable bonds is 6. The highest BCUT2D eigenvalue weighted by atomic mass is 16.5. The van der Waals surface area contributed by atoms with E-state index in [0.717, 1.165) is 25.6 Å². The van der Waals surface area contributed by atoms with Gasteiger partial charge in [0.1, 0.15) is 5.82 Å². The van der Waals surface area contributed by atoms with Gasteiger partial charge in [-0.15, -0.1) is 0 Å². The highest BCUT2D eigenvalue weighted by Gasteiger charge is 1.97. The number of aryl methyl sites for hydroxylation is 1. The molecule has 0 fully saturated rings. The van der Waals surface area contributed by atoms with E-state index in [4.69, 9.17) is 4.74 Å². The van der Waals surface area contributed by atoms with Crippen molar-refractivity contribution in [2.45, 2.75) is 20.8 Å². The first-order chi connectivity index (χ1) is 7.20. The second-order valence-corrected chi connectivity index (χ2v) is 4.06.